The van der Waals surface area contributed by atoms with Crippen molar-refractivity contribution < 1.29 is 4.39 Å². The quantitative estimate of drug-likeness (QED) is 0.780. The van der Waals surface area contributed by atoms with Gasteiger partial charge in [0.2, 0.25) is 0 Å². The fourth-order valence-electron chi connectivity index (χ4n) is 1.19. The summed E-state index contributed by atoms with van der Waals surface area (Å²) in [6, 6.07) is 6.47. The summed E-state index contributed by atoms with van der Waals surface area (Å²) in [5.41, 5.74) is 0.890. The van der Waals surface area contributed by atoms with Gasteiger partial charge in [-0.3, -0.25) is 0 Å². The first kappa shape index (κ1) is 8.74. The maximum atomic E-state index is 12.8. The Hall–Kier alpha value is -1.84. The van der Waals surface area contributed by atoms with Crippen LogP contribution in [0.1, 0.15) is 5.56 Å². The number of hydrogen-bond donors (Lipinski definition) is 2. The minimum atomic E-state index is -0.219. The first-order chi connectivity index (χ1) is 6.84. The summed E-state index contributed by atoms with van der Waals surface area (Å²) < 4.78 is 12.8. The fraction of sp³-hybridized carbons (Fsp3) is 0.100. The van der Waals surface area contributed by atoms with Gasteiger partial charge in [-0.2, -0.15) is 0 Å². The zero-order valence-corrected chi connectivity index (χ0v) is 7.50. The molecule has 0 aliphatic rings. The van der Waals surface area contributed by atoms with Crippen LogP contribution >= 0.6 is 0 Å². The van der Waals surface area contributed by atoms with Gasteiger partial charge in [-0.1, -0.05) is 12.1 Å². The van der Waals surface area contributed by atoms with Gasteiger partial charge in [0.1, 0.15) is 5.82 Å². The van der Waals surface area contributed by atoms with E-state index in [9.17, 15) is 4.39 Å². The molecule has 1 aromatic heterocycles. The number of imidazole rings is 1. The predicted molar refractivity (Wildman–Crippen MR) is 52.3 cm³/mol. The molecule has 0 bridgehead atoms. The maximum Gasteiger partial charge on any atom is 0.200 e. The van der Waals surface area contributed by atoms with Gasteiger partial charge in [0.05, 0.1) is 0 Å². The van der Waals surface area contributed by atoms with Crippen molar-refractivity contribution in [1.82, 2.24) is 9.97 Å². The van der Waals surface area contributed by atoms with Crippen LogP contribution in [0.25, 0.3) is 0 Å². The molecule has 0 spiro atoms. The molecular formula is C10H10FN3. The van der Waals surface area contributed by atoms with E-state index in [0.717, 1.165) is 5.56 Å². The minimum absolute atomic E-state index is 0.219. The summed E-state index contributed by atoms with van der Waals surface area (Å²) >= 11 is 0. The average molecular weight is 191 g/mol. The summed E-state index contributed by atoms with van der Waals surface area (Å²) in [7, 11) is 0. The fourth-order valence-corrected chi connectivity index (χ4v) is 1.19. The van der Waals surface area contributed by atoms with Crippen LogP contribution in [0, 0.1) is 5.82 Å². The van der Waals surface area contributed by atoms with Crippen LogP contribution in [0.4, 0.5) is 10.3 Å². The number of H-pyrrole nitrogens is 1. The van der Waals surface area contributed by atoms with E-state index in [0.29, 0.717) is 12.5 Å². The predicted octanol–water partition coefficient (Wildman–Crippen LogP) is 2.16. The van der Waals surface area contributed by atoms with Gasteiger partial charge in [0.25, 0.3) is 0 Å². The Labute approximate surface area is 81.0 Å². The molecule has 14 heavy (non-hydrogen) atoms. The zero-order valence-electron chi connectivity index (χ0n) is 7.50. The molecule has 2 rings (SSSR count). The van der Waals surface area contributed by atoms with Gasteiger partial charge in [-0.05, 0) is 17.7 Å². The third-order valence-electron chi connectivity index (χ3n) is 1.85. The molecule has 0 aliphatic carbocycles. The topological polar surface area (TPSA) is 40.7 Å². The first-order valence-electron chi connectivity index (χ1n) is 4.32. The second kappa shape index (κ2) is 3.91. The van der Waals surface area contributed by atoms with E-state index in [1.54, 1.807) is 18.5 Å². The Morgan fingerprint density at radius 1 is 1.43 bits per heavy atom. The Morgan fingerprint density at radius 2 is 2.36 bits per heavy atom. The number of rotatable bonds is 3. The van der Waals surface area contributed by atoms with Crippen molar-refractivity contribution in [1.29, 1.82) is 0 Å². The highest BCUT2D eigenvalue weighted by molar-refractivity contribution is 5.27. The number of anilines is 1. The van der Waals surface area contributed by atoms with Crippen LogP contribution < -0.4 is 5.32 Å². The monoisotopic (exact) mass is 191 g/mol. The van der Waals surface area contributed by atoms with E-state index in [1.807, 2.05) is 6.07 Å². The summed E-state index contributed by atoms with van der Waals surface area (Å²) in [5, 5.41) is 3.03. The largest absolute Gasteiger partial charge is 0.352 e. The number of aromatic amines is 1. The zero-order chi connectivity index (χ0) is 9.80. The minimum Gasteiger partial charge on any atom is -0.352 e. The smallest absolute Gasteiger partial charge is 0.200 e. The van der Waals surface area contributed by atoms with Crippen LogP contribution in [0.2, 0.25) is 0 Å². The van der Waals surface area contributed by atoms with E-state index in [4.69, 9.17) is 0 Å². The van der Waals surface area contributed by atoms with E-state index in [-0.39, 0.29) is 5.82 Å². The van der Waals surface area contributed by atoms with Crippen molar-refractivity contribution in [3.63, 3.8) is 0 Å². The molecule has 1 aromatic carbocycles. The van der Waals surface area contributed by atoms with Gasteiger partial charge in [-0.25, -0.2) is 9.37 Å². The molecule has 2 N–H and O–H groups in total. The summed E-state index contributed by atoms with van der Waals surface area (Å²) in [4.78, 5) is 6.90. The normalized spacial score (nSPS) is 10.1. The lowest BCUT2D eigenvalue weighted by molar-refractivity contribution is 0.626. The lowest BCUT2D eigenvalue weighted by Gasteiger charge is -2.02. The van der Waals surface area contributed by atoms with Crippen LogP contribution in [0.5, 0.6) is 0 Å². The van der Waals surface area contributed by atoms with Gasteiger partial charge >= 0.3 is 0 Å². The van der Waals surface area contributed by atoms with Crippen molar-refractivity contribution in [3.8, 4) is 0 Å². The molecule has 0 amide bonds. The molecule has 0 saturated heterocycles. The SMILES string of the molecule is Fc1cccc(CNc2ncc[nH]2)c1. The van der Waals surface area contributed by atoms with Crippen LogP contribution in [-0.4, -0.2) is 9.97 Å². The molecule has 0 unspecified atom stereocenters. The Morgan fingerprint density at radius 3 is 3.07 bits per heavy atom. The maximum absolute atomic E-state index is 12.8. The molecule has 4 heteroatoms. The summed E-state index contributed by atoms with van der Waals surface area (Å²) in [5.74, 6) is 0.470. The number of benzene rings is 1. The number of halogens is 1. The van der Waals surface area contributed by atoms with Crippen molar-refractivity contribution in [2.45, 2.75) is 6.54 Å². The molecule has 0 aliphatic heterocycles. The molecule has 72 valence electrons. The molecular weight excluding hydrogens is 181 g/mol. The lowest BCUT2D eigenvalue weighted by atomic mass is 10.2. The van der Waals surface area contributed by atoms with Crippen molar-refractivity contribution >= 4 is 5.95 Å². The molecule has 2 aromatic rings. The first-order valence-corrected chi connectivity index (χ1v) is 4.32. The highest BCUT2D eigenvalue weighted by Gasteiger charge is 1.96. The number of aromatic nitrogens is 2. The standard InChI is InChI=1S/C10H10FN3/c11-9-3-1-2-8(6-9)7-14-10-12-4-5-13-10/h1-6H,7H2,(H2,12,13,14). The highest BCUT2D eigenvalue weighted by atomic mass is 19.1. The number of hydrogen-bond acceptors (Lipinski definition) is 2. The Bertz CT molecular complexity index is 398. The highest BCUT2D eigenvalue weighted by Crippen LogP contribution is 2.05. The van der Waals surface area contributed by atoms with Crippen LogP contribution in [0.15, 0.2) is 36.7 Å². The van der Waals surface area contributed by atoms with Gasteiger partial charge in [-0.15, -0.1) is 0 Å². The third kappa shape index (κ3) is 2.10. The third-order valence-corrected chi connectivity index (χ3v) is 1.85. The summed E-state index contributed by atoms with van der Waals surface area (Å²) in [6.45, 7) is 0.561. The van der Waals surface area contributed by atoms with Gasteiger partial charge in [0, 0.05) is 18.9 Å². The average Bonchev–Trinajstić information content (AvgIpc) is 2.67. The summed E-state index contributed by atoms with van der Waals surface area (Å²) in [6.07, 6.45) is 3.39. The molecule has 3 nitrogen and oxygen atoms in total. The Balaban J connectivity index is 1.98. The van der Waals surface area contributed by atoms with E-state index >= 15 is 0 Å². The molecule has 0 fully saturated rings. The van der Waals surface area contributed by atoms with Gasteiger partial charge in [0.15, 0.2) is 5.95 Å². The number of nitrogens with zero attached hydrogens (tertiary/aromatic N) is 1. The molecule has 0 radical (unpaired) electrons. The van der Waals surface area contributed by atoms with Crippen molar-refractivity contribution in [2.24, 2.45) is 0 Å². The van der Waals surface area contributed by atoms with Crippen LogP contribution in [-0.2, 0) is 6.54 Å². The molecule has 0 saturated carbocycles. The molecule has 1 heterocycles. The molecule has 0 atom stereocenters. The second-order valence-corrected chi connectivity index (χ2v) is 2.92. The van der Waals surface area contributed by atoms with Crippen molar-refractivity contribution in [3.05, 3.63) is 48.0 Å². The number of nitrogens with one attached hydrogen (secondary N) is 2. The lowest BCUT2D eigenvalue weighted by Crippen LogP contribution is -2.00. The Kier molecular flexibility index (Phi) is 2.44. The van der Waals surface area contributed by atoms with E-state index in [2.05, 4.69) is 15.3 Å². The van der Waals surface area contributed by atoms with E-state index in [1.165, 1.54) is 12.1 Å². The van der Waals surface area contributed by atoms with Gasteiger partial charge < -0.3 is 10.3 Å². The van der Waals surface area contributed by atoms with Crippen molar-refractivity contribution in [2.75, 3.05) is 5.32 Å². The van der Waals surface area contributed by atoms with Crippen LogP contribution in [0.3, 0.4) is 0 Å². The van der Waals surface area contributed by atoms with E-state index < -0.39 is 0 Å². The second-order valence-electron chi connectivity index (χ2n) is 2.92.